The van der Waals surface area contributed by atoms with Crippen molar-refractivity contribution in [1.82, 2.24) is 0 Å². The molecule has 0 aliphatic heterocycles. The molecule has 0 aliphatic rings. The summed E-state index contributed by atoms with van der Waals surface area (Å²) in [5.74, 6) is -0.765. The van der Waals surface area contributed by atoms with Crippen molar-refractivity contribution < 1.29 is 20.1 Å². The number of aliphatic carboxylic acids is 1. The Morgan fingerprint density at radius 3 is 1.62 bits per heavy atom. The number of carbonyl (C=O) groups is 1. The molecule has 2 atom stereocenters. The second-order valence-corrected chi connectivity index (χ2v) is 6.01. The normalized spacial score (nSPS) is 15.2. The van der Waals surface area contributed by atoms with Crippen molar-refractivity contribution in [3.63, 3.8) is 0 Å². The molecule has 0 heterocycles. The number of carboxylic acid groups (broad SMARTS) is 1. The molecule has 0 fully saturated rings. The van der Waals surface area contributed by atoms with Crippen molar-refractivity contribution in [2.45, 2.75) is 70.5 Å². The number of hydrogen-bond donors (Lipinski definition) is 3. The monoisotopic (exact) mass is 362 g/mol. The highest BCUT2D eigenvalue weighted by Crippen LogP contribution is 2.06. The molecule has 0 saturated carbocycles. The first-order chi connectivity index (χ1) is 12.6. The van der Waals surface area contributed by atoms with Crippen molar-refractivity contribution in [1.29, 1.82) is 0 Å². The van der Waals surface area contributed by atoms with E-state index in [-0.39, 0.29) is 6.42 Å². The number of rotatable bonds is 15. The van der Waals surface area contributed by atoms with Gasteiger partial charge < -0.3 is 15.3 Å². The average Bonchev–Trinajstić information content (AvgIpc) is 2.61. The first kappa shape index (κ1) is 24.1. The predicted molar refractivity (Wildman–Crippen MR) is 108 cm³/mol. The number of carboxylic acids is 1. The maximum Gasteiger partial charge on any atom is 0.303 e. The summed E-state index contributed by atoms with van der Waals surface area (Å²) in [6.45, 7) is 2.04. The molecule has 0 saturated heterocycles. The fraction of sp³-hybridized carbons (Fsp3) is 0.500. The molecule has 0 aliphatic carbocycles. The molecule has 146 valence electrons. The van der Waals surface area contributed by atoms with Gasteiger partial charge in [-0.1, -0.05) is 67.7 Å². The summed E-state index contributed by atoms with van der Waals surface area (Å²) < 4.78 is 0. The van der Waals surface area contributed by atoms with Crippen molar-refractivity contribution in [3.8, 4) is 0 Å². The molecular formula is C22H34O4. The quantitative estimate of drug-likeness (QED) is 0.369. The van der Waals surface area contributed by atoms with E-state index in [1.54, 1.807) is 0 Å². The SMILES string of the molecule is CC/C=C\C[C@@H](O)[C@@H](O)C/C=C\C/C=C/C/C=C\C/C=C\CCC(=O)O. The molecule has 0 aromatic carbocycles. The van der Waals surface area contributed by atoms with Crippen LogP contribution in [0.5, 0.6) is 0 Å². The van der Waals surface area contributed by atoms with Crippen LogP contribution in [0.25, 0.3) is 0 Å². The van der Waals surface area contributed by atoms with Crippen molar-refractivity contribution >= 4 is 5.97 Å². The van der Waals surface area contributed by atoms with Crippen LogP contribution < -0.4 is 0 Å². The zero-order chi connectivity index (χ0) is 19.5. The Labute approximate surface area is 157 Å². The van der Waals surface area contributed by atoms with Crippen LogP contribution in [-0.2, 0) is 4.79 Å². The summed E-state index contributed by atoms with van der Waals surface area (Å²) >= 11 is 0. The van der Waals surface area contributed by atoms with E-state index in [0.717, 1.165) is 25.7 Å². The molecule has 0 bridgehead atoms. The van der Waals surface area contributed by atoms with Gasteiger partial charge in [0.05, 0.1) is 12.2 Å². The Morgan fingerprint density at radius 2 is 1.15 bits per heavy atom. The summed E-state index contributed by atoms with van der Waals surface area (Å²) in [4.78, 5) is 10.3. The zero-order valence-electron chi connectivity index (χ0n) is 15.8. The topological polar surface area (TPSA) is 77.8 Å². The molecule has 0 aromatic rings. The smallest absolute Gasteiger partial charge is 0.303 e. The Hall–Kier alpha value is -1.91. The molecule has 26 heavy (non-hydrogen) atoms. The van der Waals surface area contributed by atoms with E-state index in [4.69, 9.17) is 5.11 Å². The summed E-state index contributed by atoms with van der Waals surface area (Å²) in [6, 6.07) is 0. The van der Waals surface area contributed by atoms with Crippen LogP contribution in [-0.4, -0.2) is 33.5 Å². The van der Waals surface area contributed by atoms with E-state index in [1.165, 1.54) is 0 Å². The van der Waals surface area contributed by atoms with Crippen LogP contribution in [0.15, 0.2) is 60.8 Å². The number of aliphatic hydroxyl groups excluding tert-OH is 2. The summed E-state index contributed by atoms with van der Waals surface area (Å²) in [5, 5.41) is 28.1. The van der Waals surface area contributed by atoms with Gasteiger partial charge in [-0.25, -0.2) is 0 Å². The highest BCUT2D eigenvalue weighted by Gasteiger charge is 2.12. The van der Waals surface area contributed by atoms with E-state index in [0.29, 0.717) is 19.3 Å². The molecule has 4 heteroatoms. The van der Waals surface area contributed by atoms with Crippen molar-refractivity contribution in [2.24, 2.45) is 0 Å². The third-order valence-corrected chi connectivity index (χ3v) is 3.61. The maximum atomic E-state index is 10.3. The van der Waals surface area contributed by atoms with Crippen LogP contribution in [0.1, 0.15) is 58.3 Å². The molecule has 0 spiro atoms. The summed E-state index contributed by atoms with van der Waals surface area (Å²) in [6.07, 6.45) is 23.6. The lowest BCUT2D eigenvalue weighted by Gasteiger charge is -2.14. The fourth-order valence-electron chi connectivity index (χ4n) is 2.09. The lowest BCUT2D eigenvalue weighted by Crippen LogP contribution is -2.24. The van der Waals surface area contributed by atoms with E-state index < -0.39 is 18.2 Å². The standard InChI is InChI=1S/C22H34O4/c1-2-3-14-17-20(23)21(24)18-15-12-10-8-6-4-5-7-9-11-13-16-19-22(25)26/h3,5-8,11-15,20-21,23-24H,2,4,9-10,16-19H2,1H3,(H,25,26)/b7-5-,8-6+,13-11-,14-3-,15-12-/t20-,21+/m1/s1. The van der Waals surface area contributed by atoms with Crippen LogP contribution in [0.4, 0.5) is 0 Å². The number of hydrogen-bond acceptors (Lipinski definition) is 3. The fourth-order valence-corrected chi connectivity index (χ4v) is 2.09. The lowest BCUT2D eigenvalue weighted by atomic mass is 10.1. The third-order valence-electron chi connectivity index (χ3n) is 3.61. The van der Waals surface area contributed by atoms with Gasteiger partial charge in [0.25, 0.3) is 0 Å². The van der Waals surface area contributed by atoms with Crippen LogP contribution in [0.3, 0.4) is 0 Å². The van der Waals surface area contributed by atoms with Gasteiger partial charge in [-0.2, -0.15) is 0 Å². The molecule has 0 radical (unpaired) electrons. The highest BCUT2D eigenvalue weighted by atomic mass is 16.4. The highest BCUT2D eigenvalue weighted by molar-refractivity contribution is 5.66. The van der Waals surface area contributed by atoms with E-state index in [1.807, 2.05) is 43.4 Å². The molecule has 0 amide bonds. The number of aliphatic hydroxyl groups is 2. The minimum atomic E-state index is -0.765. The lowest BCUT2D eigenvalue weighted by molar-refractivity contribution is -0.136. The van der Waals surface area contributed by atoms with E-state index in [9.17, 15) is 15.0 Å². The molecular weight excluding hydrogens is 328 g/mol. The predicted octanol–water partition coefficient (Wildman–Crippen LogP) is 4.71. The maximum absolute atomic E-state index is 10.3. The first-order valence-corrected chi connectivity index (χ1v) is 9.40. The largest absolute Gasteiger partial charge is 0.481 e. The third kappa shape index (κ3) is 16.9. The Morgan fingerprint density at radius 1 is 0.731 bits per heavy atom. The Balaban J connectivity index is 3.70. The Kier molecular flexibility index (Phi) is 16.6. The second kappa shape index (κ2) is 17.9. The minimum Gasteiger partial charge on any atom is -0.481 e. The van der Waals surface area contributed by atoms with Gasteiger partial charge in [0.15, 0.2) is 0 Å². The Bertz CT molecular complexity index is 486. The molecule has 4 nitrogen and oxygen atoms in total. The van der Waals surface area contributed by atoms with Crippen molar-refractivity contribution in [2.75, 3.05) is 0 Å². The van der Waals surface area contributed by atoms with Crippen LogP contribution in [0, 0.1) is 0 Å². The molecule has 0 aromatic heterocycles. The minimum absolute atomic E-state index is 0.183. The van der Waals surface area contributed by atoms with Crippen LogP contribution >= 0.6 is 0 Å². The summed E-state index contributed by atoms with van der Waals surface area (Å²) in [7, 11) is 0. The van der Waals surface area contributed by atoms with Gasteiger partial charge >= 0.3 is 5.97 Å². The van der Waals surface area contributed by atoms with Crippen LogP contribution in [0.2, 0.25) is 0 Å². The van der Waals surface area contributed by atoms with E-state index in [2.05, 4.69) is 24.3 Å². The molecule has 0 rings (SSSR count). The van der Waals surface area contributed by atoms with Gasteiger partial charge in [0.1, 0.15) is 0 Å². The van der Waals surface area contributed by atoms with Crippen molar-refractivity contribution in [3.05, 3.63) is 60.8 Å². The van der Waals surface area contributed by atoms with Gasteiger partial charge in [-0.05, 0) is 44.9 Å². The summed E-state index contributed by atoms with van der Waals surface area (Å²) in [5.41, 5.74) is 0. The second-order valence-electron chi connectivity index (χ2n) is 6.01. The first-order valence-electron chi connectivity index (χ1n) is 9.40. The van der Waals surface area contributed by atoms with Gasteiger partial charge in [0.2, 0.25) is 0 Å². The number of allylic oxidation sites excluding steroid dienone is 8. The van der Waals surface area contributed by atoms with Gasteiger partial charge in [0, 0.05) is 6.42 Å². The zero-order valence-corrected chi connectivity index (χ0v) is 15.8. The molecule has 3 N–H and O–H groups in total. The van der Waals surface area contributed by atoms with Gasteiger partial charge in [-0.3, -0.25) is 4.79 Å². The molecule has 0 unspecified atom stereocenters. The average molecular weight is 363 g/mol. The van der Waals surface area contributed by atoms with Gasteiger partial charge in [-0.15, -0.1) is 0 Å². The van der Waals surface area contributed by atoms with E-state index >= 15 is 0 Å².